The van der Waals surface area contributed by atoms with Gasteiger partial charge in [0.05, 0.1) is 12.7 Å². The molecule has 0 aliphatic rings. The largest absolute Gasteiger partial charge is 0.497 e. The van der Waals surface area contributed by atoms with Crippen LogP contribution in [0.15, 0.2) is 65.6 Å². The Labute approximate surface area is 201 Å². The number of nitrogens with one attached hydrogen (secondary N) is 1. The summed E-state index contributed by atoms with van der Waals surface area (Å²) >= 11 is 0. The zero-order valence-corrected chi connectivity index (χ0v) is 18.8. The van der Waals surface area contributed by atoms with Crippen LogP contribution >= 0.6 is 0 Å². The van der Waals surface area contributed by atoms with E-state index in [1.807, 2.05) is 0 Å². The predicted octanol–water partition coefficient (Wildman–Crippen LogP) is 4.38. The fourth-order valence-corrected chi connectivity index (χ4v) is 3.61. The molecule has 0 bridgehead atoms. The number of hydrogen-bond acceptors (Lipinski definition) is 5. The Morgan fingerprint density at radius 1 is 1.03 bits per heavy atom. The van der Waals surface area contributed by atoms with Crippen LogP contribution in [-0.4, -0.2) is 34.0 Å². The molecule has 0 aliphatic carbocycles. The molecule has 12 heteroatoms. The number of aromatic nitrogens is 3. The maximum atomic E-state index is 15.0. The molecule has 0 unspecified atom stereocenters. The van der Waals surface area contributed by atoms with Gasteiger partial charge in [-0.2, -0.15) is 13.5 Å². The van der Waals surface area contributed by atoms with Crippen molar-refractivity contribution in [3.8, 4) is 28.6 Å². The zero-order chi connectivity index (χ0) is 26.0. The van der Waals surface area contributed by atoms with Crippen molar-refractivity contribution in [1.82, 2.24) is 14.3 Å². The fourth-order valence-electron chi connectivity index (χ4n) is 3.61. The van der Waals surface area contributed by atoms with Crippen LogP contribution in [-0.2, 0) is 7.05 Å². The van der Waals surface area contributed by atoms with Crippen LogP contribution in [0.4, 0.5) is 23.2 Å². The molecular weight excluding hydrogens is 484 g/mol. The number of pyridine rings is 1. The number of halogens is 4. The Bertz CT molecular complexity index is 1450. The number of carbonyl (C=O) groups excluding carboxylic acids is 1. The molecule has 4 rings (SSSR count). The van der Waals surface area contributed by atoms with Crippen LogP contribution in [0, 0.1) is 11.6 Å². The summed E-state index contributed by atoms with van der Waals surface area (Å²) < 4.78 is 66.2. The molecule has 0 spiro atoms. The highest BCUT2D eigenvalue weighted by molar-refractivity contribution is 6.06. The van der Waals surface area contributed by atoms with Gasteiger partial charge in [-0.1, -0.05) is 6.07 Å². The van der Waals surface area contributed by atoms with Crippen molar-refractivity contribution in [1.29, 1.82) is 0 Å². The van der Waals surface area contributed by atoms with Crippen molar-refractivity contribution < 1.29 is 31.8 Å². The lowest BCUT2D eigenvalue weighted by Crippen LogP contribution is -2.23. The van der Waals surface area contributed by atoms with Gasteiger partial charge in [0.15, 0.2) is 5.82 Å². The molecule has 0 radical (unpaired) electrons. The van der Waals surface area contributed by atoms with Crippen LogP contribution in [0.5, 0.6) is 11.5 Å². The van der Waals surface area contributed by atoms with E-state index in [0.29, 0.717) is 0 Å². The van der Waals surface area contributed by atoms with Crippen LogP contribution in [0.2, 0.25) is 0 Å². The van der Waals surface area contributed by atoms with E-state index in [9.17, 15) is 18.4 Å². The lowest BCUT2D eigenvalue weighted by Gasteiger charge is -2.13. The van der Waals surface area contributed by atoms with Gasteiger partial charge in [-0.25, -0.2) is 13.8 Å². The lowest BCUT2D eigenvalue weighted by atomic mass is 10.1. The number of rotatable bonds is 7. The van der Waals surface area contributed by atoms with Crippen molar-refractivity contribution in [3.05, 3.63) is 88.3 Å². The van der Waals surface area contributed by atoms with E-state index in [2.05, 4.69) is 15.0 Å². The smallest absolute Gasteiger partial charge is 0.387 e. The van der Waals surface area contributed by atoms with Gasteiger partial charge in [-0.15, -0.1) is 0 Å². The van der Waals surface area contributed by atoms with E-state index in [-0.39, 0.29) is 28.6 Å². The number of methoxy groups -OCH3 is 1. The molecule has 36 heavy (non-hydrogen) atoms. The van der Waals surface area contributed by atoms with Gasteiger partial charge in [0.25, 0.3) is 11.5 Å². The third-order valence-electron chi connectivity index (χ3n) is 5.20. The molecule has 2 heterocycles. The Kier molecular flexibility index (Phi) is 6.77. The van der Waals surface area contributed by atoms with Crippen LogP contribution in [0.1, 0.15) is 10.4 Å². The first kappa shape index (κ1) is 24.5. The summed E-state index contributed by atoms with van der Waals surface area (Å²) in [5.41, 5.74) is -2.11. The number of carbonyl (C=O) groups is 1. The third-order valence-corrected chi connectivity index (χ3v) is 5.20. The van der Waals surface area contributed by atoms with Gasteiger partial charge in [0.2, 0.25) is 0 Å². The second-order valence-electron chi connectivity index (χ2n) is 7.38. The fraction of sp³-hybridized carbons (Fsp3) is 0.125. The minimum atomic E-state index is -3.05. The number of hydrogen-bond donors (Lipinski definition) is 1. The number of alkyl halides is 2. The second kappa shape index (κ2) is 9.94. The van der Waals surface area contributed by atoms with Crippen molar-refractivity contribution in [2.75, 3.05) is 12.4 Å². The molecule has 0 fully saturated rings. The van der Waals surface area contributed by atoms with Gasteiger partial charge in [0.1, 0.15) is 34.5 Å². The van der Waals surface area contributed by atoms with E-state index in [1.54, 1.807) is 12.1 Å². The van der Waals surface area contributed by atoms with Gasteiger partial charge in [0, 0.05) is 30.9 Å². The summed E-state index contributed by atoms with van der Waals surface area (Å²) in [7, 11) is 2.62. The van der Waals surface area contributed by atoms with Crippen LogP contribution in [0.25, 0.3) is 17.1 Å². The normalized spacial score (nSPS) is 11.0. The monoisotopic (exact) mass is 502 g/mol. The number of anilines is 1. The van der Waals surface area contributed by atoms with E-state index in [1.165, 1.54) is 38.6 Å². The SMILES string of the molecule is COc1cc(F)c(-c2c(NC(=O)c3ccc(OC(F)F)cc3)c(=O)n(-c3ccccn3)n2C)c(F)c1. The minimum absolute atomic E-state index is 0.0223. The molecule has 1 amide bonds. The predicted molar refractivity (Wildman–Crippen MR) is 122 cm³/mol. The van der Waals surface area contributed by atoms with Gasteiger partial charge in [-0.3, -0.25) is 14.3 Å². The second-order valence-corrected chi connectivity index (χ2v) is 7.38. The molecule has 0 atom stereocenters. The summed E-state index contributed by atoms with van der Waals surface area (Å²) in [6, 6.07) is 11.3. The Balaban J connectivity index is 1.85. The summed E-state index contributed by atoms with van der Waals surface area (Å²) in [4.78, 5) is 30.4. The molecule has 0 saturated carbocycles. The third kappa shape index (κ3) is 4.65. The summed E-state index contributed by atoms with van der Waals surface area (Å²) in [5.74, 6) is -3.03. The highest BCUT2D eigenvalue weighted by Crippen LogP contribution is 2.34. The first-order valence-electron chi connectivity index (χ1n) is 10.3. The highest BCUT2D eigenvalue weighted by atomic mass is 19.3. The first-order valence-corrected chi connectivity index (χ1v) is 10.3. The van der Waals surface area contributed by atoms with E-state index >= 15 is 8.78 Å². The van der Waals surface area contributed by atoms with Gasteiger partial charge >= 0.3 is 6.61 Å². The molecule has 0 aliphatic heterocycles. The van der Waals surface area contributed by atoms with Crippen LogP contribution < -0.4 is 20.3 Å². The molecule has 8 nitrogen and oxygen atoms in total. The molecular formula is C24H18F4N4O4. The zero-order valence-electron chi connectivity index (χ0n) is 18.8. The topological polar surface area (TPSA) is 87.4 Å². The molecule has 4 aromatic rings. The summed E-state index contributed by atoms with van der Waals surface area (Å²) in [5, 5.41) is 2.39. The van der Waals surface area contributed by atoms with Crippen molar-refractivity contribution >= 4 is 11.6 Å². The maximum absolute atomic E-state index is 15.0. The van der Waals surface area contributed by atoms with Crippen molar-refractivity contribution in [2.24, 2.45) is 7.05 Å². The highest BCUT2D eigenvalue weighted by Gasteiger charge is 2.28. The maximum Gasteiger partial charge on any atom is 0.387 e. The average Bonchev–Trinajstić information content (AvgIpc) is 3.08. The van der Waals surface area contributed by atoms with Gasteiger partial charge < -0.3 is 14.8 Å². The number of amides is 1. The van der Waals surface area contributed by atoms with Crippen molar-refractivity contribution in [2.45, 2.75) is 6.61 Å². The molecule has 2 aromatic heterocycles. The minimum Gasteiger partial charge on any atom is -0.497 e. The summed E-state index contributed by atoms with van der Waals surface area (Å²) in [6.07, 6.45) is 1.42. The van der Waals surface area contributed by atoms with E-state index in [0.717, 1.165) is 33.6 Å². The number of benzene rings is 2. The Morgan fingerprint density at radius 3 is 2.25 bits per heavy atom. The Hall–Kier alpha value is -4.61. The first-order chi connectivity index (χ1) is 17.2. The van der Waals surface area contributed by atoms with Crippen LogP contribution in [0.3, 0.4) is 0 Å². The molecule has 2 aromatic carbocycles. The van der Waals surface area contributed by atoms with Crippen molar-refractivity contribution in [3.63, 3.8) is 0 Å². The average molecular weight is 502 g/mol. The number of nitrogens with zero attached hydrogens (tertiary/aromatic N) is 3. The van der Waals surface area contributed by atoms with E-state index < -0.39 is 41.0 Å². The number of ether oxygens (including phenoxy) is 2. The Morgan fingerprint density at radius 2 is 1.69 bits per heavy atom. The quantitative estimate of drug-likeness (QED) is 0.379. The lowest BCUT2D eigenvalue weighted by molar-refractivity contribution is -0.0498. The molecule has 1 N–H and O–H groups in total. The van der Waals surface area contributed by atoms with Gasteiger partial charge in [-0.05, 0) is 36.4 Å². The molecule has 186 valence electrons. The summed E-state index contributed by atoms with van der Waals surface area (Å²) in [6.45, 7) is -3.05. The standard InChI is InChI=1S/C24H18F4N4O4/c1-31-21(19-16(25)11-15(35-2)12-17(19)26)20(23(34)32(31)18-5-3-4-10-29-18)30-22(33)13-6-8-14(9-7-13)36-24(27)28/h3-12,24H,1-2H3,(H,30,33). The van der Waals surface area contributed by atoms with E-state index in [4.69, 9.17) is 4.74 Å². The molecule has 0 saturated heterocycles.